The van der Waals surface area contributed by atoms with Crippen molar-refractivity contribution in [3.63, 3.8) is 0 Å². The molecule has 1 saturated heterocycles. The van der Waals surface area contributed by atoms with E-state index in [0.29, 0.717) is 19.6 Å². The number of ether oxygens (including phenoxy) is 2. The van der Waals surface area contributed by atoms with Crippen molar-refractivity contribution in [1.29, 1.82) is 0 Å². The van der Waals surface area contributed by atoms with E-state index in [4.69, 9.17) is 9.47 Å². The zero-order valence-corrected chi connectivity index (χ0v) is 14.3. The number of morpholine rings is 1. The van der Waals surface area contributed by atoms with E-state index >= 15 is 0 Å². The van der Waals surface area contributed by atoms with E-state index < -0.39 is 18.2 Å². The Morgan fingerprint density at radius 3 is 2.80 bits per heavy atom. The third kappa shape index (κ3) is 4.09. The van der Waals surface area contributed by atoms with Crippen molar-refractivity contribution in [2.24, 2.45) is 0 Å². The summed E-state index contributed by atoms with van der Waals surface area (Å²) in [5.41, 5.74) is 0.885. The van der Waals surface area contributed by atoms with Crippen molar-refractivity contribution in [2.75, 3.05) is 44.9 Å². The van der Waals surface area contributed by atoms with Crippen LogP contribution < -0.4 is 10.2 Å². The van der Waals surface area contributed by atoms with Gasteiger partial charge in [0.2, 0.25) is 5.91 Å². The molecule has 1 saturated carbocycles. The van der Waals surface area contributed by atoms with E-state index in [9.17, 15) is 15.0 Å². The third-order valence-electron chi connectivity index (χ3n) is 4.83. The summed E-state index contributed by atoms with van der Waals surface area (Å²) in [5.74, 6) is 0.367. The van der Waals surface area contributed by atoms with E-state index in [-0.39, 0.29) is 18.4 Å². The highest BCUT2D eigenvalue weighted by molar-refractivity contribution is 5.77. The highest BCUT2D eigenvalue weighted by Crippen LogP contribution is 2.35. The number of hydrogen-bond donors (Lipinski definition) is 3. The Morgan fingerprint density at radius 1 is 1.40 bits per heavy atom. The summed E-state index contributed by atoms with van der Waals surface area (Å²) in [4.78, 5) is 18.5. The Labute approximate surface area is 146 Å². The molecule has 0 aromatic carbocycles. The number of carbonyl (C=O) groups excluding carboxylic acids is 1. The molecular weight excluding hydrogens is 326 g/mol. The predicted molar refractivity (Wildman–Crippen MR) is 90.4 cm³/mol. The topological polar surface area (TPSA) is 104 Å². The average molecular weight is 351 g/mol. The van der Waals surface area contributed by atoms with Crippen LogP contribution in [0.25, 0.3) is 0 Å². The second kappa shape index (κ2) is 8.09. The number of nitrogens with one attached hydrogen (secondary N) is 1. The first-order valence-electron chi connectivity index (χ1n) is 8.53. The average Bonchev–Trinajstić information content (AvgIpc) is 2.91. The number of pyridine rings is 1. The Bertz CT molecular complexity index is 576. The van der Waals surface area contributed by atoms with Gasteiger partial charge < -0.3 is 29.9 Å². The molecule has 1 aromatic rings. The first kappa shape index (κ1) is 18.1. The van der Waals surface area contributed by atoms with Gasteiger partial charge in [0.25, 0.3) is 0 Å². The van der Waals surface area contributed by atoms with Crippen LogP contribution in [-0.2, 0) is 14.3 Å². The van der Waals surface area contributed by atoms with Crippen molar-refractivity contribution in [1.82, 2.24) is 10.3 Å². The molecule has 138 valence electrons. The third-order valence-corrected chi connectivity index (χ3v) is 4.83. The fourth-order valence-corrected chi connectivity index (χ4v) is 3.51. The van der Waals surface area contributed by atoms with Gasteiger partial charge in [0.1, 0.15) is 18.5 Å². The number of aliphatic hydroxyl groups excluding tert-OH is 2. The molecule has 8 nitrogen and oxygen atoms in total. The summed E-state index contributed by atoms with van der Waals surface area (Å²) >= 11 is 0. The Kier molecular flexibility index (Phi) is 5.85. The zero-order valence-electron chi connectivity index (χ0n) is 14.3. The van der Waals surface area contributed by atoms with Crippen molar-refractivity contribution in [2.45, 2.75) is 30.6 Å². The summed E-state index contributed by atoms with van der Waals surface area (Å²) in [6.45, 7) is 2.92. The molecule has 1 amide bonds. The van der Waals surface area contributed by atoms with E-state index in [2.05, 4.69) is 15.2 Å². The Hall–Kier alpha value is -1.74. The Balaban J connectivity index is 1.72. The van der Waals surface area contributed by atoms with Gasteiger partial charge in [-0.2, -0.15) is 0 Å². The first-order chi connectivity index (χ1) is 12.1. The van der Waals surface area contributed by atoms with Crippen LogP contribution >= 0.6 is 0 Å². The van der Waals surface area contributed by atoms with E-state index in [1.807, 2.05) is 12.1 Å². The molecule has 8 heteroatoms. The normalized spacial score (nSPS) is 29.6. The number of methoxy groups -OCH3 is 1. The minimum atomic E-state index is -1.01. The molecule has 3 N–H and O–H groups in total. The Morgan fingerprint density at radius 2 is 2.16 bits per heavy atom. The fourth-order valence-electron chi connectivity index (χ4n) is 3.51. The summed E-state index contributed by atoms with van der Waals surface area (Å²) in [6.07, 6.45) is 0.245. The van der Waals surface area contributed by atoms with Crippen LogP contribution in [-0.4, -0.2) is 79.4 Å². The van der Waals surface area contributed by atoms with Crippen LogP contribution in [0.4, 0.5) is 5.82 Å². The molecule has 1 aliphatic heterocycles. The van der Waals surface area contributed by atoms with Gasteiger partial charge in [-0.05, 0) is 18.1 Å². The summed E-state index contributed by atoms with van der Waals surface area (Å²) in [6, 6.07) is 3.32. The van der Waals surface area contributed by atoms with Crippen molar-refractivity contribution < 1.29 is 24.5 Å². The lowest BCUT2D eigenvalue weighted by molar-refractivity contribution is -0.126. The quantitative estimate of drug-likeness (QED) is 0.642. The molecule has 0 radical (unpaired) electrons. The minimum absolute atomic E-state index is 0.0831. The number of anilines is 1. The molecule has 4 unspecified atom stereocenters. The number of aliphatic hydroxyl groups is 2. The number of hydrogen-bond acceptors (Lipinski definition) is 7. The molecule has 3 rings (SSSR count). The van der Waals surface area contributed by atoms with Crippen LogP contribution in [0.1, 0.15) is 17.9 Å². The van der Waals surface area contributed by atoms with Crippen molar-refractivity contribution >= 4 is 11.7 Å². The van der Waals surface area contributed by atoms with Crippen LogP contribution in [0.3, 0.4) is 0 Å². The van der Waals surface area contributed by atoms with Gasteiger partial charge in [-0.15, -0.1) is 0 Å². The summed E-state index contributed by atoms with van der Waals surface area (Å²) in [7, 11) is 1.44. The van der Waals surface area contributed by atoms with Crippen LogP contribution in [0, 0.1) is 0 Å². The zero-order chi connectivity index (χ0) is 17.8. The molecule has 0 bridgehead atoms. The smallest absolute Gasteiger partial charge is 0.246 e. The number of amides is 1. The lowest BCUT2D eigenvalue weighted by Crippen LogP contribution is -2.46. The number of carbonyl (C=O) groups is 1. The van der Waals surface area contributed by atoms with E-state index in [0.717, 1.165) is 24.5 Å². The molecule has 4 atom stereocenters. The largest absolute Gasteiger partial charge is 0.390 e. The van der Waals surface area contributed by atoms with Gasteiger partial charge >= 0.3 is 0 Å². The van der Waals surface area contributed by atoms with Crippen LogP contribution in [0.5, 0.6) is 0 Å². The highest BCUT2D eigenvalue weighted by Gasteiger charge is 2.43. The van der Waals surface area contributed by atoms with E-state index in [1.54, 1.807) is 6.20 Å². The van der Waals surface area contributed by atoms with Gasteiger partial charge in [0, 0.05) is 32.3 Å². The fraction of sp³-hybridized carbons (Fsp3) is 0.647. The monoisotopic (exact) mass is 351 g/mol. The number of aromatic nitrogens is 1. The highest BCUT2D eigenvalue weighted by atomic mass is 16.5. The van der Waals surface area contributed by atoms with Gasteiger partial charge in [-0.25, -0.2) is 4.98 Å². The van der Waals surface area contributed by atoms with Crippen LogP contribution in [0.15, 0.2) is 18.3 Å². The summed E-state index contributed by atoms with van der Waals surface area (Å²) < 4.78 is 10.2. The maximum atomic E-state index is 11.8. The maximum Gasteiger partial charge on any atom is 0.246 e. The second-order valence-corrected chi connectivity index (χ2v) is 6.48. The predicted octanol–water partition coefficient (Wildman–Crippen LogP) is -0.741. The molecule has 2 fully saturated rings. The molecule has 0 spiro atoms. The lowest BCUT2D eigenvalue weighted by atomic mass is 9.95. The second-order valence-electron chi connectivity index (χ2n) is 6.48. The molecule has 25 heavy (non-hydrogen) atoms. The van der Waals surface area contributed by atoms with Crippen molar-refractivity contribution in [3.05, 3.63) is 23.9 Å². The summed E-state index contributed by atoms with van der Waals surface area (Å²) in [5, 5.41) is 23.0. The first-order valence-corrected chi connectivity index (χ1v) is 8.53. The number of nitrogens with zero attached hydrogens (tertiary/aromatic N) is 2. The molecule has 2 aliphatic rings. The minimum Gasteiger partial charge on any atom is -0.390 e. The van der Waals surface area contributed by atoms with Gasteiger partial charge in [-0.3, -0.25) is 4.79 Å². The lowest BCUT2D eigenvalue weighted by Gasteiger charge is -2.28. The van der Waals surface area contributed by atoms with Crippen molar-refractivity contribution in [3.8, 4) is 0 Å². The molecular formula is C17H25N3O5. The molecule has 1 aromatic heterocycles. The maximum absolute atomic E-state index is 11.8. The number of rotatable bonds is 5. The van der Waals surface area contributed by atoms with Gasteiger partial charge in [0.05, 0.1) is 25.4 Å². The molecule has 1 aliphatic carbocycles. The van der Waals surface area contributed by atoms with Crippen LogP contribution in [0.2, 0.25) is 0 Å². The molecule has 2 heterocycles. The van der Waals surface area contributed by atoms with E-state index in [1.165, 1.54) is 7.11 Å². The SMILES string of the molecule is COCC(=O)NC1C(c2ccc(N3CCOCC3)nc2)CC(O)C1O. The van der Waals surface area contributed by atoms with Gasteiger partial charge in [-0.1, -0.05) is 6.07 Å². The standard InChI is InChI=1S/C17H25N3O5/c1-24-10-15(22)19-16-12(8-13(21)17(16)23)11-2-3-14(18-9-11)20-4-6-25-7-5-20/h2-3,9,12-13,16-17,21,23H,4-8,10H2,1H3,(H,19,22). The van der Waals surface area contributed by atoms with Gasteiger partial charge in [0.15, 0.2) is 0 Å².